The van der Waals surface area contributed by atoms with E-state index in [-0.39, 0.29) is 16.9 Å². The molecule has 0 saturated heterocycles. The van der Waals surface area contributed by atoms with Crippen LogP contribution in [0.3, 0.4) is 0 Å². The SMILES string of the molecule is Cn1ccc2ccc(NS(=O)(=O)c3ccc(NS(C)(=O)=O)c(F)c3)cc2c1=O. The fourth-order valence-corrected chi connectivity index (χ4v) is 4.19. The second-order valence-corrected chi connectivity index (χ2v) is 9.59. The molecule has 8 nitrogen and oxygen atoms in total. The minimum atomic E-state index is -4.16. The number of hydrogen-bond acceptors (Lipinski definition) is 5. The standard InChI is InChI=1S/C17H16FN3O5S2/c1-21-8-7-11-3-4-12(9-14(11)17(21)22)19-28(25,26)13-5-6-16(15(18)10-13)20-27(2,23)24/h3-10,19-20H,1-2H3. The summed E-state index contributed by atoms with van der Waals surface area (Å²) in [6, 6.07) is 8.97. The van der Waals surface area contributed by atoms with Crippen molar-refractivity contribution < 1.29 is 21.2 Å². The lowest BCUT2D eigenvalue weighted by Gasteiger charge is -2.11. The van der Waals surface area contributed by atoms with Crippen molar-refractivity contribution in [3.05, 3.63) is 64.8 Å². The third-order valence-corrected chi connectivity index (χ3v) is 5.85. The molecule has 0 aliphatic heterocycles. The molecule has 0 radical (unpaired) electrons. The molecule has 3 aromatic rings. The van der Waals surface area contributed by atoms with E-state index in [1.54, 1.807) is 25.4 Å². The molecule has 0 saturated carbocycles. The first-order valence-electron chi connectivity index (χ1n) is 7.86. The lowest BCUT2D eigenvalue weighted by molar-refractivity contribution is 0.595. The molecule has 0 spiro atoms. The van der Waals surface area contributed by atoms with E-state index in [4.69, 9.17) is 0 Å². The van der Waals surface area contributed by atoms with Gasteiger partial charge >= 0.3 is 0 Å². The van der Waals surface area contributed by atoms with Crippen molar-refractivity contribution in [2.75, 3.05) is 15.7 Å². The maximum absolute atomic E-state index is 14.1. The van der Waals surface area contributed by atoms with Gasteiger partial charge in [-0.3, -0.25) is 14.2 Å². The summed E-state index contributed by atoms with van der Waals surface area (Å²) in [5, 5.41) is 0.970. The third kappa shape index (κ3) is 4.15. The number of anilines is 2. The van der Waals surface area contributed by atoms with Gasteiger partial charge in [-0.05, 0) is 41.8 Å². The van der Waals surface area contributed by atoms with Crippen LogP contribution >= 0.6 is 0 Å². The number of fused-ring (bicyclic) bond motifs is 1. The minimum Gasteiger partial charge on any atom is -0.318 e. The highest BCUT2D eigenvalue weighted by molar-refractivity contribution is 7.92. The van der Waals surface area contributed by atoms with Crippen molar-refractivity contribution >= 4 is 42.2 Å². The molecule has 0 aliphatic carbocycles. The van der Waals surface area contributed by atoms with Crippen molar-refractivity contribution in [1.82, 2.24) is 4.57 Å². The minimum absolute atomic E-state index is 0.134. The van der Waals surface area contributed by atoms with Crippen molar-refractivity contribution in [2.45, 2.75) is 4.90 Å². The summed E-state index contributed by atoms with van der Waals surface area (Å²) in [7, 11) is -6.30. The van der Waals surface area contributed by atoms with Gasteiger partial charge in [-0.1, -0.05) is 6.07 Å². The fourth-order valence-electron chi connectivity index (χ4n) is 2.56. The van der Waals surface area contributed by atoms with Crippen LogP contribution in [0, 0.1) is 5.82 Å². The van der Waals surface area contributed by atoms with Crippen LogP contribution in [0.25, 0.3) is 10.8 Å². The summed E-state index contributed by atoms with van der Waals surface area (Å²) in [5.74, 6) is -1.04. The normalized spacial score (nSPS) is 12.1. The molecule has 0 bridgehead atoms. The molecule has 28 heavy (non-hydrogen) atoms. The predicted molar refractivity (Wildman–Crippen MR) is 105 cm³/mol. The van der Waals surface area contributed by atoms with Crippen molar-refractivity contribution in [3.8, 4) is 0 Å². The zero-order chi connectivity index (χ0) is 20.7. The van der Waals surface area contributed by atoms with Crippen LogP contribution in [0.15, 0.2) is 58.4 Å². The Hall–Kier alpha value is -2.92. The lowest BCUT2D eigenvalue weighted by atomic mass is 10.1. The van der Waals surface area contributed by atoms with Crippen LogP contribution < -0.4 is 15.0 Å². The van der Waals surface area contributed by atoms with Crippen LogP contribution in [-0.4, -0.2) is 27.7 Å². The Balaban J connectivity index is 1.96. The summed E-state index contributed by atoms with van der Waals surface area (Å²) in [6.07, 6.45) is 2.45. The maximum Gasteiger partial charge on any atom is 0.261 e. The summed E-state index contributed by atoms with van der Waals surface area (Å²) in [4.78, 5) is 11.8. The Bertz CT molecular complexity index is 1350. The van der Waals surface area contributed by atoms with Crippen molar-refractivity contribution in [3.63, 3.8) is 0 Å². The molecular weight excluding hydrogens is 409 g/mol. The average molecular weight is 425 g/mol. The smallest absolute Gasteiger partial charge is 0.261 e. The number of hydrogen-bond donors (Lipinski definition) is 2. The lowest BCUT2D eigenvalue weighted by Crippen LogP contribution is -2.17. The molecule has 11 heteroatoms. The van der Waals surface area contributed by atoms with Crippen LogP contribution in [0.4, 0.5) is 15.8 Å². The number of rotatable bonds is 5. The zero-order valence-electron chi connectivity index (χ0n) is 14.8. The maximum atomic E-state index is 14.1. The van der Waals surface area contributed by atoms with Crippen molar-refractivity contribution in [1.29, 1.82) is 0 Å². The largest absolute Gasteiger partial charge is 0.318 e. The predicted octanol–water partition coefficient (Wildman–Crippen LogP) is 1.85. The number of nitrogens with zero attached hydrogens (tertiary/aromatic N) is 1. The number of sulfonamides is 2. The van der Waals surface area contributed by atoms with Crippen LogP contribution in [0.5, 0.6) is 0 Å². The van der Waals surface area contributed by atoms with Crippen LogP contribution in [0.2, 0.25) is 0 Å². The molecule has 2 N–H and O–H groups in total. The van der Waals surface area contributed by atoms with E-state index >= 15 is 0 Å². The highest BCUT2D eigenvalue weighted by Gasteiger charge is 2.18. The molecule has 0 atom stereocenters. The van der Waals surface area contributed by atoms with E-state index in [1.165, 1.54) is 16.7 Å². The molecule has 1 heterocycles. The summed E-state index contributed by atoms with van der Waals surface area (Å²) < 4.78 is 67.2. The van der Waals surface area contributed by atoms with Gasteiger partial charge in [-0.25, -0.2) is 21.2 Å². The summed E-state index contributed by atoms with van der Waals surface area (Å²) >= 11 is 0. The van der Waals surface area contributed by atoms with E-state index in [9.17, 15) is 26.0 Å². The topological polar surface area (TPSA) is 114 Å². The molecule has 0 amide bonds. The van der Waals surface area contributed by atoms with Gasteiger partial charge in [0.25, 0.3) is 15.6 Å². The van der Waals surface area contributed by atoms with Gasteiger partial charge < -0.3 is 4.57 Å². The molecule has 0 unspecified atom stereocenters. The van der Waals surface area contributed by atoms with Crippen LogP contribution in [0.1, 0.15) is 0 Å². The van der Waals surface area contributed by atoms with Gasteiger partial charge in [-0.15, -0.1) is 0 Å². The first kappa shape index (κ1) is 19.8. The van der Waals surface area contributed by atoms with Gasteiger partial charge in [0.15, 0.2) is 0 Å². The summed E-state index contributed by atoms with van der Waals surface area (Å²) in [5.41, 5.74) is -0.522. The Morgan fingerprint density at radius 1 is 0.964 bits per heavy atom. The van der Waals surface area contributed by atoms with Gasteiger partial charge in [-0.2, -0.15) is 0 Å². The van der Waals surface area contributed by atoms with Crippen molar-refractivity contribution in [2.24, 2.45) is 7.05 Å². The second-order valence-electron chi connectivity index (χ2n) is 6.16. The third-order valence-electron chi connectivity index (χ3n) is 3.88. The number of aryl methyl sites for hydroxylation is 1. The van der Waals surface area contributed by atoms with E-state index < -0.39 is 30.8 Å². The highest BCUT2D eigenvalue weighted by Crippen LogP contribution is 2.23. The zero-order valence-corrected chi connectivity index (χ0v) is 16.4. The van der Waals surface area contributed by atoms with Gasteiger partial charge in [0, 0.05) is 24.3 Å². The molecule has 2 aromatic carbocycles. The molecule has 3 rings (SSSR count). The molecule has 148 valence electrons. The number of pyridine rings is 1. The van der Waals surface area contributed by atoms with E-state index in [2.05, 4.69) is 4.72 Å². The van der Waals surface area contributed by atoms with Gasteiger partial charge in [0.2, 0.25) is 10.0 Å². The Labute approximate surface area is 160 Å². The summed E-state index contributed by atoms with van der Waals surface area (Å²) in [6.45, 7) is 0. The number of nitrogens with one attached hydrogen (secondary N) is 2. The first-order chi connectivity index (χ1) is 13.0. The van der Waals surface area contributed by atoms with E-state index in [0.717, 1.165) is 18.4 Å². The van der Waals surface area contributed by atoms with E-state index in [0.29, 0.717) is 16.8 Å². The van der Waals surface area contributed by atoms with E-state index in [1.807, 2.05) is 4.72 Å². The fraction of sp³-hybridized carbons (Fsp3) is 0.118. The Morgan fingerprint density at radius 3 is 2.32 bits per heavy atom. The quantitative estimate of drug-likeness (QED) is 0.648. The van der Waals surface area contributed by atoms with Gasteiger partial charge in [0.1, 0.15) is 5.82 Å². The second kappa shape index (κ2) is 6.91. The first-order valence-corrected chi connectivity index (χ1v) is 11.2. The van der Waals surface area contributed by atoms with Gasteiger partial charge in [0.05, 0.1) is 16.8 Å². The Kier molecular flexibility index (Phi) is 4.90. The average Bonchev–Trinajstić information content (AvgIpc) is 2.59. The number of halogens is 1. The molecule has 0 fully saturated rings. The molecular formula is C17H16FN3O5S2. The van der Waals surface area contributed by atoms with Crippen LogP contribution in [-0.2, 0) is 27.1 Å². The number of aromatic nitrogens is 1. The Morgan fingerprint density at radius 2 is 1.68 bits per heavy atom. The highest BCUT2D eigenvalue weighted by atomic mass is 32.2. The molecule has 0 aliphatic rings. The molecule has 1 aromatic heterocycles. The number of benzene rings is 2. The monoisotopic (exact) mass is 425 g/mol.